The predicted molar refractivity (Wildman–Crippen MR) is 77.0 cm³/mol. The van der Waals surface area contributed by atoms with Crippen LogP contribution in [-0.2, 0) is 11.3 Å². The maximum atomic E-state index is 13.3. The first-order chi connectivity index (χ1) is 9.63. The van der Waals surface area contributed by atoms with E-state index in [1.165, 1.54) is 6.07 Å². The fourth-order valence-corrected chi connectivity index (χ4v) is 1.91. The van der Waals surface area contributed by atoms with Crippen LogP contribution in [-0.4, -0.2) is 23.6 Å². The lowest BCUT2D eigenvalue weighted by Crippen LogP contribution is -2.05. The molecule has 0 aliphatic heterocycles. The summed E-state index contributed by atoms with van der Waals surface area (Å²) in [5.74, 6) is 1.13. The molecule has 1 N–H and O–H groups in total. The number of aryl methyl sites for hydroxylation is 1. The minimum absolute atomic E-state index is 0.216. The van der Waals surface area contributed by atoms with E-state index in [9.17, 15) is 4.39 Å². The van der Waals surface area contributed by atoms with Crippen molar-refractivity contribution < 1.29 is 9.13 Å². The highest BCUT2D eigenvalue weighted by Crippen LogP contribution is 2.22. The molecule has 5 heteroatoms. The maximum Gasteiger partial charge on any atom is 0.157 e. The van der Waals surface area contributed by atoms with Crippen LogP contribution in [0.1, 0.15) is 18.3 Å². The molecule has 106 valence electrons. The molecule has 20 heavy (non-hydrogen) atoms. The smallest absolute Gasteiger partial charge is 0.157 e. The Labute approximate surface area is 118 Å². The molecule has 0 aliphatic rings. The SMILES string of the molecule is CCNc1cc(-c2ccc(F)c(C)c2)nc(COC)n1. The molecule has 0 radical (unpaired) electrons. The first-order valence-electron chi connectivity index (χ1n) is 6.51. The van der Waals surface area contributed by atoms with Crippen LogP contribution < -0.4 is 5.32 Å². The van der Waals surface area contributed by atoms with E-state index in [0.29, 0.717) is 18.0 Å². The number of nitrogens with one attached hydrogen (secondary N) is 1. The summed E-state index contributed by atoms with van der Waals surface area (Å²) in [4.78, 5) is 8.80. The van der Waals surface area contributed by atoms with Crippen LogP contribution in [0.25, 0.3) is 11.3 Å². The average molecular weight is 275 g/mol. The highest BCUT2D eigenvalue weighted by molar-refractivity contribution is 5.63. The zero-order valence-corrected chi connectivity index (χ0v) is 11.9. The van der Waals surface area contributed by atoms with Crippen molar-refractivity contribution >= 4 is 5.82 Å². The summed E-state index contributed by atoms with van der Waals surface area (Å²) in [5, 5.41) is 3.16. The molecule has 0 spiro atoms. The third kappa shape index (κ3) is 3.30. The number of rotatable bonds is 5. The van der Waals surface area contributed by atoms with Gasteiger partial charge in [0.15, 0.2) is 5.82 Å². The third-order valence-corrected chi connectivity index (χ3v) is 2.86. The molecule has 0 saturated carbocycles. The minimum Gasteiger partial charge on any atom is -0.377 e. The van der Waals surface area contributed by atoms with E-state index >= 15 is 0 Å². The van der Waals surface area contributed by atoms with E-state index < -0.39 is 0 Å². The molecule has 2 rings (SSSR count). The monoisotopic (exact) mass is 275 g/mol. The Morgan fingerprint density at radius 2 is 2.05 bits per heavy atom. The summed E-state index contributed by atoms with van der Waals surface area (Å²) in [6.45, 7) is 4.85. The van der Waals surface area contributed by atoms with Crippen LogP contribution in [0.3, 0.4) is 0 Å². The lowest BCUT2D eigenvalue weighted by atomic mass is 10.1. The molecule has 2 aromatic rings. The molecular formula is C15H18FN3O. The van der Waals surface area contributed by atoms with Gasteiger partial charge in [0.2, 0.25) is 0 Å². The van der Waals surface area contributed by atoms with Gasteiger partial charge in [-0.3, -0.25) is 0 Å². The predicted octanol–water partition coefficient (Wildman–Crippen LogP) is 3.17. The average Bonchev–Trinajstić information content (AvgIpc) is 2.42. The minimum atomic E-state index is -0.216. The second-order valence-electron chi connectivity index (χ2n) is 4.48. The number of aromatic nitrogens is 2. The molecule has 1 aromatic carbocycles. The van der Waals surface area contributed by atoms with Gasteiger partial charge in [0.25, 0.3) is 0 Å². The van der Waals surface area contributed by atoms with Crippen molar-refractivity contribution in [3.63, 3.8) is 0 Å². The number of benzene rings is 1. The van der Waals surface area contributed by atoms with Gasteiger partial charge in [-0.2, -0.15) is 0 Å². The van der Waals surface area contributed by atoms with Crippen LogP contribution in [0.2, 0.25) is 0 Å². The fraction of sp³-hybridized carbons (Fsp3) is 0.333. The highest BCUT2D eigenvalue weighted by atomic mass is 19.1. The molecule has 0 aliphatic carbocycles. The van der Waals surface area contributed by atoms with Crippen molar-refractivity contribution in [3.05, 3.63) is 41.5 Å². The van der Waals surface area contributed by atoms with E-state index in [1.54, 1.807) is 26.2 Å². The first-order valence-corrected chi connectivity index (χ1v) is 6.51. The largest absolute Gasteiger partial charge is 0.377 e. The van der Waals surface area contributed by atoms with Crippen LogP contribution in [0.4, 0.5) is 10.2 Å². The van der Waals surface area contributed by atoms with Crippen molar-refractivity contribution in [1.29, 1.82) is 0 Å². The van der Waals surface area contributed by atoms with Crippen molar-refractivity contribution in [2.45, 2.75) is 20.5 Å². The molecule has 1 heterocycles. The van der Waals surface area contributed by atoms with E-state index in [-0.39, 0.29) is 5.82 Å². The Kier molecular flexibility index (Phi) is 4.63. The molecular weight excluding hydrogens is 257 g/mol. The van der Waals surface area contributed by atoms with E-state index in [4.69, 9.17) is 4.74 Å². The van der Waals surface area contributed by atoms with Gasteiger partial charge >= 0.3 is 0 Å². The number of hydrogen-bond acceptors (Lipinski definition) is 4. The summed E-state index contributed by atoms with van der Waals surface area (Å²) >= 11 is 0. The van der Waals surface area contributed by atoms with E-state index in [1.807, 2.05) is 13.0 Å². The molecule has 0 amide bonds. The molecule has 1 aromatic heterocycles. The quantitative estimate of drug-likeness (QED) is 0.910. The molecule has 0 bridgehead atoms. The fourth-order valence-electron chi connectivity index (χ4n) is 1.91. The highest BCUT2D eigenvalue weighted by Gasteiger charge is 2.08. The molecule has 4 nitrogen and oxygen atoms in total. The van der Waals surface area contributed by atoms with Crippen molar-refractivity contribution in [2.75, 3.05) is 19.0 Å². The van der Waals surface area contributed by atoms with Gasteiger partial charge < -0.3 is 10.1 Å². The summed E-state index contributed by atoms with van der Waals surface area (Å²) < 4.78 is 18.4. The van der Waals surface area contributed by atoms with Gasteiger partial charge in [-0.25, -0.2) is 14.4 Å². The topological polar surface area (TPSA) is 47.0 Å². The Balaban J connectivity index is 2.45. The normalized spacial score (nSPS) is 10.6. The maximum absolute atomic E-state index is 13.3. The van der Waals surface area contributed by atoms with Crippen molar-refractivity contribution in [2.24, 2.45) is 0 Å². The second kappa shape index (κ2) is 6.43. The number of nitrogens with zero attached hydrogens (tertiary/aromatic N) is 2. The number of halogens is 1. The van der Waals surface area contributed by atoms with E-state index in [2.05, 4.69) is 15.3 Å². The number of ether oxygens (including phenoxy) is 1. The zero-order chi connectivity index (χ0) is 14.5. The lowest BCUT2D eigenvalue weighted by Gasteiger charge is -2.09. The Bertz CT molecular complexity index is 577. The van der Waals surface area contributed by atoms with Crippen LogP contribution in [0, 0.1) is 12.7 Å². The van der Waals surface area contributed by atoms with Gasteiger partial charge in [-0.15, -0.1) is 0 Å². The number of methoxy groups -OCH3 is 1. The van der Waals surface area contributed by atoms with Crippen molar-refractivity contribution in [1.82, 2.24) is 9.97 Å². The Morgan fingerprint density at radius 3 is 2.70 bits per heavy atom. The first kappa shape index (κ1) is 14.4. The second-order valence-corrected chi connectivity index (χ2v) is 4.48. The molecule has 0 saturated heterocycles. The Hall–Kier alpha value is -2.01. The summed E-state index contributed by atoms with van der Waals surface area (Å²) in [5.41, 5.74) is 2.22. The van der Waals surface area contributed by atoms with Gasteiger partial charge in [0.1, 0.15) is 18.2 Å². The number of anilines is 1. The van der Waals surface area contributed by atoms with E-state index in [0.717, 1.165) is 23.6 Å². The van der Waals surface area contributed by atoms with Crippen molar-refractivity contribution in [3.8, 4) is 11.3 Å². The van der Waals surface area contributed by atoms with Gasteiger partial charge in [-0.05, 0) is 37.6 Å². The standard InChI is InChI=1S/C15H18FN3O/c1-4-17-14-8-13(18-15(19-14)9-20-3)11-5-6-12(16)10(2)7-11/h5-8H,4,9H2,1-3H3,(H,17,18,19). The lowest BCUT2D eigenvalue weighted by molar-refractivity contribution is 0.178. The van der Waals surface area contributed by atoms with Crippen LogP contribution in [0.15, 0.2) is 24.3 Å². The zero-order valence-electron chi connectivity index (χ0n) is 11.9. The van der Waals surface area contributed by atoms with Crippen LogP contribution >= 0.6 is 0 Å². The number of hydrogen-bond donors (Lipinski definition) is 1. The Morgan fingerprint density at radius 1 is 1.25 bits per heavy atom. The van der Waals surface area contributed by atoms with Gasteiger partial charge in [-0.1, -0.05) is 0 Å². The molecule has 0 atom stereocenters. The third-order valence-electron chi connectivity index (χ3n) is 2.86. The van der Waals surface area contributed by atoms with Gasteiger partial charge in [0.05, 0.1) is 5.69 Å². The molecule has 0 fully saturated rings. The van der Waals surface area contributed by atoms with Crippen LogP contribution in [0.5, 0.6) is 0 Å². The summed E-state index contributed by atoms with van der Waals surface area (Å²) in [6.07, 6.45) is 0. The van der Waals surface area contributed by atoms with Gasteiger partial charge in [0, 0.05) is 25.3 Å². The summed E-state index contributed by atoms with van der Waals surface area (Å²) in [6, 6.07) is 6.81. The summed E-state index contributed by atoms with van der Waals surface area (Å²) in [7, 11) is 1.60. The molecule has 0 unspecified atom stereocenters.